The van der Waals surface area contributed by atoms with Crippen molar-refractivity contribution in [2.45, 2.75) is 107 Å². The number of methoxy groups -OCH3 is 1. The van der Waals surface area contributed by atoms with E-state index in [2.05, 4.69) is 23.1 Å². The van der Waals surface area contributed by atoms with Crippen LogP contribution in [0.4, 0.5) is 0 Å². The van der Waals surface area contributed by atoms with Crippen LogP contribution < -0.4 is 9.47 Å². The van der Waals surface area contributed by atoms with Gasteiger partial charge in [0.25, 0.3) is 0 Å². The van der Waals surface area contributed by atoms with E-state index in [1.807, 2.05) is 27.7 Å². The largest absolute Gasteiger partial charge is 0.497 e. The van der Waals surface area contributed by atoms with Gasteiger partial charge in [-0.2, -0.15) is 0 Å². The molecule has 0 bridgehead atoms. The number of hydrogen-bond donors (Lipinski definition) is 0. The maximum Gasteiger partial charge on any atom is 0.339 e. The molecule has 0 saturated carbocycles. The molecular weight excluding hydrogens is 530 g/mol. The highest BCUT2D eigenvalue weighted by molar-refractivity contribution is 8.14. The van der Waals surface area contributed by atoms with Crippen LogP contribution in [0.15, 0.2) is 24.0 Å². The Labute approximate surface area is 241 Å². The summed E-state index contributed by atoms with van der Waals surface area (Å²) in [6.07, 6.45) is 6.49. The third kappa shape index (κ3) is 4.71. The molecule has 2 fully saturated rings. The van der Waals surface area contributed by atoms with Crippen molar-refractivity contribution in [2.75, 3.05) is 27.0 Å². The maximum absolute atomic E-state index is 14.3. The molecule has 1 aliphatic carbocycles. The van der Waals surface area contributed by atoms with Crippen molar-refractivity contribution in [2.24, 2.45) is 0 Å². The molecule has 1 aromatic rings. The first kappa shape index (κ1) is 27.9. The molecule has 1 aromatic carbocycles. The molecule has 0 N–H and O–H groups in total. The van der Waals surface area contributed by atoms with Gasteiger partial charge >= 0.3 is 5.97 Å². The smallest absolute Gasteiger partial charge is 0.339 e. The summed E-state index contributed by atoms with van der Waals surface area (Å²) in [5, 5.41) is 0.0724. The predicted octanol–water partition coefficient (Wildman–Crippen LogP) is 5.12. The SMILES string of the molecule is COC1=C[C@]23CCCN2CCc2cc4c(cc2[C@@H]3C1OC(=O)C1(CC(=O)SC(C)C)CCCC(C)(C)O1)OCO4. The van der Waals surface area contributed by atoms with Crippen LogP contribution in [-0.4, -0.2) is 71.1 Å². The third-order valence-electron chi connectivity index (χ3n) is 9.20. The number of benzene rings is 1. The summed E-state index contributed by atoms with van der Waals surface area (Å²) < 4.78 is 30.5. The summed E-state index contributed by atoms with van der Waals surface area (Å²) >= 11 is 1.25. The predicted molar refractivity (Wildman–Crippen MR) is 152 cm³/mol. The number of ether oxygens (including phenoxy) is 5. The highest BCUT2D eigenvalue weighted by atomic mass is 32.2. The van der Waals surface area contributed by atoms with Gasteiger partial charge in [-0.25, -0.2) is 4.79 Å². The summed E-state index contributed by atoms with van der Waals surface area (Å²) in [5.74, 6) is 1.50. The summed E-state index contributed by atoms with van der Waals surface area (Å²) in [4.78, 5) is 30.0. The fourth-order valence-electron chi connectivity index (χ4n) is 7.63. The number of thioether (sulfide) groups is 1. The van der Waals surface area contributed by atoms with Crippen LogP contribution in [0.2, 0.25) is 0 Å². The van der Waals surface area contributed by atoms with Crippen LogP contribution in [0.3, 0.4) is 0 Å². The molecule has 1 spiro atoms. The van der Waals surface area contributed by atoms with Crippen molar-refractivity contribution in [1.82, 2.24) is 4.90 Å². The lowest BCUT2D eigenvalue weighted by Crippen LogP contribution is -2.54. The van der Waals surface area contributed by atoms with Gasteiger partial charge in [0.15, 0.2) is 28.3 Å². The Balaban J connectivity index is 1.39. The fourth-order valence-corrected chi connectivity index (χ4v) is 8.47. The van der Waals surface area contributed by atoms with E-state index < -0.39 is 23.3 Å². The Kier molecular flexibility index (Phi) is 7.15. The Morgan fingerprint density at radius 2 is 1.88 bits per heavy atom. The van der Waals surface area contributed by atoms with Gasteiger partial charge in [0, 0.05) is 11.8 Å². The van der Waals surface area contributed by atoms with E-state index in [0.29, 0.717) is 12.2 Å². The monoisotopic (exact) mass is 571 g/mol. The maximum atomic E-state index is 14.3. The zero-order valence-electron chi connectivity index (χ0n) is 24.2. The number of esters is 1. The first-order chi connectivity index (χ1) is 19.1. The summed E-state index contributed by atoms with van der Waals surface area (Å²) in [6.45, 7) is 10.0. The summed E-state index contributed by atoms with van der Waals surface area (Å²) in [7, 11) is 1.65. The molecule has 218 valence electrons. The van der Waals surface area contributed by atoms with Crippen molar-refractivity contribution in [1.29, 1.82) is 0 Å². The third-order valence-corrected chi connectivity index (χ3v) is 10.1. The number of fused-ring (bicyclic) bond motifs is 3. The van der Waals surface area contributed by atoms with Gasteiger partial charge in [-0.3, -0.25) is 9.69 Å². The topological polar surface area (TPSA) is 83.5 Å². The average molecular weight is 572 g/mol. The van der Waals surface area contributed by atoms with Crippen LogP contribution in [-0.2, 0) is 30.2 Å². The van der Waals surface area contributed by atoms with Gasteiger partial charge in [-0.05, 0) is 88.3 Å². The minimum atomic E-state index is -1.33. The highest BCUT2D eigenvalue weighted by Crippen LogP contribution is 2.56. The number of carbonyl (C=O) groups excluding carboxylic acids is 2. The van der Waals surface area contributed by atoms with E-state index in [-0.39, 0.29) is 35.0 Å². The van der Waals surface area contributed by atoms with Crippen LogP contribution in [0.25, 0.3) is 0 Å². The molecule has 0 aromatic heterocycles. The summed E-state index contributed by atoms with van der Waals surface area (Å²) in [5.41, 5.74) is 0.112. The Bertz CT molecular complexity index is 1230. The normalized spacial score (nSPS) is 32.1. The lowest BCUT2D eigenvalue weighted by molar-refractivity contribution is -0.213. The number of nitrogens with zero attached hydrogens (tertiary/aromatic N) is 1. The van der Waals surface area contributed by atoms with Gasteiger partial charge in [-0.15, -0.1) is 0 Å². The molecule has 9 heteroatoms. The van der Waals surface area contributed by atoms with E-state index in [9.17, 15) is 9.59 Å². The van der Waals surface area contributed by atoms with Crippen LogP contribution >= 0.6 is 11.8 Å². The lowest BCUT2D eigenvalue weighted by atomic mass is 9.77. The van der Waals surface area contributed by atoms with E-state index in [4.69, 9.17) is 23.7 Å². The second-order valence-electron chi connectivity index (χ2n) is 12.7. The number of carbonyl (C=O) groups is 2. The van der Waals surface area contributed by atoms with Crippen molar-refractivity contribution in [3.63, 3.8) is 0 Å². The second kappa shape index (κ2) is 10.2. The Morgan fingerprint density at radius 3 is 2.60 bits per heavy atom. The van der Waals surface area contributed by atoms with Gasteiger partial charge in [0.2, 0.25) is 6.79 Å². The molecule has 4 aliphatic heterocycles. The lowest BCUT2D eigenvalue weighted by Gasteiger charge is -2.44. The van der Waals surface area contributed by atoms with Crippen molar-refractivity contribution < 1.29 is 33.3 Å². The Morgan fingerprint density at radius 1 is 1.10 bits per heavy atom. The highest BCUT2D eigenvalue weighted by Gasteiger charge is 2.59. The quantitative estimate of drug-likeness (QED) is 0.432. The Hall–Kier alpha value is -2.23. The van der Waals surface area contributed by atoms with Gasteiger partial charge in [0.05, 0.1) is 30.6 Å². The van der Waals surface area contributed by atoms with E-state index in [1.165, 1.54) is 17.3 Å². The molecule has 2 unspecified atom stereocenters. The molecular formula is C31H41NO7S. The van der Waals surface area contributed by atoms with Gasteiger partial charge < -0.3 is 23.7 Å². The van der Waals surface area contributed by atoms with E-state index >= 15 is 0 Å². The van der Waals surface area contributed by atoms with Crippen LogP contribution in [0.5, 0.6) is 11.5 Å². The second-order valence-corrected chi connectivity index (χ2v) is 14.3. The van der Waals surface area contributed by atoms with E-state index in [0.717, 1.165) is 62.3 Å². The van der Waals surface area contributed by atoms with Crippen LogP contribution in [0.1, 0.15) is 83.3 Å². The fraction of sp³-hybridized carbons (Fsp3) is 0.677. The molecule has 40 heavy (non-hydrogen) atoms. The van der Waals surface area contributed by atoms with Gasteiger partial charge in [0.1, 0.15) is 5.76 Å². The van der Waals surface area contributed by atoms with Crippen molar-refractivity contribution in [3.05, 3.63) is 35.1 Å². The molecule has 4 atom stereocenters. The van der Waals surface area contributed by atoms with Crippen molar-refractivity contribution >= 4 is 22.8 Å². The molecule has 4 heterocycles. The van der Waals surface area contributed by atoms with E-state index in [1.54, 1.807) is 7.11 Å². The van der Waals surface area contributed by atoms with Crippen LogP contribution in [0, 0.1) is 0 Å². The average Bonchev–Trinajstić information content (AvgIpc) is 3.56. The summed E-state index contributed by atoms with van der Waals surface area (Å²) in [6, 6.07) is 4.17. The molecule has 0 radical (unpaired) electrons. The minimum absolute atomic E-state index is 0.00588. The first-order valence-corrected chi connectivity index (χ1v) is 15.5. The molecule has 0 amide bonds. The number of rotatable bonds is 6. The zero-order valence-corrected chi connectivity index (χ0v) is 25.1. The molecule has 6 rings (SSSR count). The zero-order chi connectivity index (χ0) is 28.3. The standard InChI is InChI=1S/C31H41NO7S/c1-19(2)40-25(33)17-31(11-6-9-29(3,4)39-31)28(34)38-27-24(35-5)16-30-10-7-12-32(30)13-8-20-14-22-23(37-18-36-22)15-21(20)26(27)30/h14-16,19,26-27H,6-13,17-18H2,1-5H3/t26-,27?,30+,31?/m1/s1. The first-order valence-electron chi connectivity index (χ1n) is 14.6. The molecule has 2 saturated heterocycles. The van der Waals surface area contributed by atoms with Crippen molar-refractivity contribution in [3.8, 4) is 11.5 Å². The van der Waals surface area contributed by atoms with Gasteiger partial charge in [-0.1, -0.05) is 25.6 Å². The molecule has 8 nitrogen and oxygen atoms in total. The number of hydrogen-bond acceptors (Lipinski definition) is 9. The minimum Gasteiger partial charge on any atom is -0.497 e. The molecule has 5 aliphatic rings.